The highest BCUT2D eigenvalue weighted by Gasteiger charge is 2.21. The van der Waals surface area contributed by atoms with Gasteiger partial charge >= 0.3 is 0 Å². The Bertz CT molecular complexity index is 342. The van der Waals surface area contributed by atoms with E-state index in [1.165, 1.54) is 12.8 Å². The molecule has 15 heavy (non-hydrogen) atoms. The van der Waals surface area contributed by atoms with Gasteiger partial charge in [0.15, 0.2) is 0 Å². The van der Waals surface area contributed by atoms with Gasteiger partial charge in [0.05, 0.1) is 12.3 Å². The lowest BCUT2D eigenvalue weighted by Gasteiger charge is -2.07. The lowest BCUT2D eigenvalue weighted by molar-refractivity contribution is 0.274. The van der Waals surface area contributed by atoms with Crippen molar-refractivity contribution in [3.05, 3.63) is 5.69 Å². The molecule has 1 aliphatic rings. The van der Waals surface area contributed by atoms with E-state index in [1.54, 1.807) is 0 Å². The van der Waals surface area contributed by atoms with Crippen molar-refractivity contribution in [1.82, 2.24) is 9.78 Å². The first-order chi connectivity index (χ1) is 7.22. The molecule has 4 nitrogen and oxygen atoms in total. The highest BCUT2D eigenvalue weighted by molar-refractivity contribution is 5.52. The number of nitrogens with two attached hydrogens (primary N) is 1. The van der Waals surface area contributed by atoms with Gasteiger partial charge in [-0.15, -0.1) is 0 Å². The topological polar surface area (TPSA) is 53.1 Å². The SMILES string of the molecule is CCn1nc(C)c(N)c1OCCC1CC1. The Morgan fingerprint density at radius 1 is 1.53 bits per heavy atom. The first-order valence-corrected chi connectivity index (χ1v) is 5.68. The molecule has 0 spiro atoms. The monoisotopic (exact) mass is 209 g/mol. The summed E-state index contributed by atoms with van der Waals surface area (Å²) in [6, 6.07) is 0. The molecule has 2 N–H and O–H groups in total. The summed E-state index contributed by atoms with van der Waals surface area (Å²) in [5, 5.41) is 4.31. The molecule has 0 unspecified atom stereocenters. The standard InChI is InChI=1S/C11H19N3O/c1-3-14-11(10(12)8(2)13-14)15-7-6-9-4-5-9/h9H,3-7,12H2,1-2H3. The smallest absolute Gasteiger partial charge is 0.236 e. The Hall–Kier alpha value is -1.19. The predicted octanol–water partition coefficient (Wildman–Crippen LogP) is 1.97. The lowest BCUT2D eigenvalue weighted by atomic mass is 10.3. The van der Waals surface area contributed by atoms with E-state index in [0.717, 1.165) is 37.1 Å². The molecule has 1 saturated carbocycles. The van der Waals surface area contributed by atoms with Crippen molar-refractivity contribution in [3.63, 3.8) is 0 Å². The van der Waals surface area contributed by atoms with Gasteiger partial charge in [-0.05, 0) is 26.2 Å². The minimum Gasteiger partial charge on any atom is -0.476 e. The van der Waals surface area contributed by atoms with Gasteiger partial charge in [-0.2, -0.15) is 5.10 Å². The number of rotatable bonds is 5. The number of anilines is 1. The van der Waals surface area contributed by atoms with Crippen LogP contribution in [-0.4, -0.2) is 16.4 Å². The highest BCUT2D eigenvalue weighted by Crippen LogP contribution is 2.33. The van der Waals surface area contributed by atoms with Crippen molar-refractivity contribution in [1.29, 1.82) is 0 Å². The molecule has 2 rings (SSSR count). The van der Waals surface area contributed by atoms with Gasteiger partial charge in [0.1, 0.15) is 5.69 Å². The molecule has 4 heteroatoms. The number of nitrogens with zero attached hydrogens (tertiary/aromatic N) is 2. The van der Waals surface area contributed by atoms with Crippen molar-refractivity contribution >= 4 is 5.69 Å². The number of hydrogen-bond acceptors (Lipinski definition) is 3. The number of ether oxygens (including phenoxy) is 1. The molecule has 0 aromatic carbocycles. The molecule has 0 atom stereocenters. The zero-order valence-electron chi connectivity index (χ0n) is 9.49. The fourth-order valence-electron chi connectivity index (χ4n) is 1.67. The summed E-state index contributed by atoms with van der Waals surface area (Å²) in [5.41, 5.74) is 7.45. The van der Waals surface area contributed by atoms with Crippen LogP contribution in [0.1, 0.15) is 31.9 Å². The van der Waals surface area contributed by atoms with Crippen LogP contribution in [0.15, 0.2) is 0 Å². The molecule has 1 heterocycles. The first kappa shape index (κ1) is 10.3. The Morgan fingerprint density at radius 3 is 2.87 bits per heavy atom. The largest absolute Gasteiger partial charge is 0.476 e. The lowest BCUT2D eigenvalue weighted by Crippen LogP contribution is -2.06. The van der Waals surface area contributed by atoms with Gasteiger partial charge in [-0.3, -0.25) is 0 Å². The Balaban J connectivity index is 1.97. The molecule has 0 amide bonds. The quantitative estimate of drug-likeness (QED) is 0.806. The van der Waals surface area contributed by atoms with Gasteiger partial charge in [-0.25, -0.2) is 4.68 Å². The van der Waals surface area contributed by atoms with Gasteiger partial charge in [0.25, 0.3) is 0 Å². The Morgan fingerprint density at radius 2 is 2.27 bits per heavy atom. The van der Waals surface area contributed by atoms with E-state index in [0.29, 0.717) is 5.69 Å². The van der Waals surface area contributed by atoms with Crippen molar-refractivity contribution in [3.8, 4) is 5.88 Å². The minimum atomic E-state index is 0.688. The second-order valence-corrected chi connectivity index (χ2v) is 4.20. The maximum Gasteiger partial charge on any atom is 0.236 e. The third-order valence-corrected chi connectivity index (χ3v) is 2.89. The summed E-state index contributed by atoms with van der Waals surface area (Å²) < 4.78 is 7.54. The van der Waals surface area contributed by atoms with Gasteiger partial charge in [0.2, 0.25) is 5.88 Å². The van der Waals surface area contributed by atoms with E-state index in [1.807, 2.05) is 18.5 Å². The third-order valence-electron chi connectivity index (χ3n) is 2.89. The summed E-state index contributed by atoms with van der Waals surface area (Å²) in [4.78, 5) is 0. The van der Waals surface area contributed by atoms with Gasteiger partial charge in [0, 0.05) is 6.54 Å². The summed E-state index contributed by atoms with van der Waals surface area (Å²) in [7, 11) is 0. The van der Waals surface area contributed by atoms with E-state index in [-0.39, 0.29) is 0 Å². The van der Waals surface area contributed by atoms with Crippen molar-refractivity contribution in [2.75, 3.05) is 12.3 Å². The number of hydrogen-bond donors (Lipinski definition) is 1. The molecular formula is C11H19N3O. The second kappa shape index (κ2) is 4.13. The molecule has 1 aliphatic carbocycles. The van der Waals surface area contributed by atoms with Crippen LogP contribution in [0.3, 0.4) is 0 Å². The molecule has 0 bridgehead atoms. The molecule has 0 radical (unpaired) electrons. The molecule has 84 valence electrons. The molecule has 0 aliphatic heterocycles. The van der Waals surface area contributed by atoms with E-state index >= 15 is 0 Å². The second-order valence-electron chi connectivity index (χ2n) is 4.20. The van der Waals surface area contributed by atoms with Crippen LogP contribution in [0.25, 0.3) is 0 Å². The Kier molecular flexibility index (Phi) is 2.84. The van der Waals surface area contributed by atoms with Crippen molar-refractivity contribution in [2.24, 2.45) is 5.92 Å². The summed E-state index contributed by atoms with van der Waals surface area (Å²) in [6.45, 7) is 5.52. The maximum atomic E-state index is 5.90. The van der Waals surface area contributed by atoms with E-state index in [9.17, 15) is 0 Å². The van der Waals surface area contributed by atoms with Crippen LogP contribution in [-0.2, 0) is 6.54 Å². The van der Waals surface area contributed by atoms with Gasteiger partial charge < -0.3 is 10.5 Å². The van der Waals surface area contributed by atoms with E-state index in [2.05, 4.69) is 5.10 Å². The summed E-state index contributed by atoms with van der Waals surface area (Å²) >= 11 is 0. The van der Waals surface area contributed by atoms with Crippen LogP contribution >= 0.6 is 0 Å². The molecule has 1 fully saturated rings. The van der Waals surface area contributed by atoms with E-state index in [4.69, 9.17) is 10.5 Å². The van der Waals surface area contributed by atoms with Crippen LogP contribution in [0.5, 0.6) is 5.88 Å². The van der Waals surface area contributed by atoms with Crippen molar-refractivity contribution in [2.45, 2.75) is 39.7 Å². The zero-order valence-corrected chi connectivity index (χ0v) is 9.49. The average molecular weight is 209 g/mol. The van der Waals surface area contributed by atoms with Crippen LogP contribution in [0.2, 0.25) is 0 Å². The number of aromatic nitrogens is 2. The van der Waals surface area contributed by atoms with Crippen molar-refractivity contribution < 1.29 is 4.74 Å². The average Bonchev–Trinajstić information content (AvgIpc) is 3.00. The van der Waals surface area contributed by atoms with E-state index < -0.39 is 0 Å². The van der Waals surface area contributed by atoms with Crippen LogP contribution in [0.4, 0.5) is 5.69 Å². The predicted molar refractivity (Wildman–Crippen MR) is 59.9 cm³/mol. The molecule has 1 aromatic heterocycles. The summed E-state index contributed by atoms with van der Waals surface area (Å²) in [5.74, 6) is 1.64. The third kappa shape index (κ3) is 2.25. The number of nitrogen functional groups attached to an aromatic ring is 1. The summed E-state index contributed by atoms with van der Waals surface area (Å²) in [6.07, 6.45) is 3.88. The van der Waals surface area contributed by atoms with Gasteiger partial charge in [-0.1, -0.05) is 12.8 Å². The number of aryl methyl sites for hydroxylation is 2. The minimum absolute atomic E-state index is 0.688. The molecule has 0 saturated heterocycles. The fraction of sp³-hybridized carbons (Fsp3) is 0.727. The fourth-order valence-corrected chi connectivity index (χ4v) is 1.67. The zero-order chi connectivity index (χ0) is 10.8. The first-order valence-electron chi connectivity index (χ1n) is 5.68. The van der Waals surface area contributed by atoms with Crippen LogP contribution in [0, 0.1) is 12.8 Å². The highest BCUT2D eigenvalue weighted by atomic mass is 16.5. The Labute approximate surface area is 90.4 Å². The molecular weight excluding hydrogens is 190 g/mol. The molecule has 1 aromatic rings. The van der Waals surface area contributed by atoms with Crippen LogP contribution < -0.4 is 10.5 Å². The maximum absolute atomic E-state index is 5.90. The normalized spacial score (nSPS) is 15.6.